The van der Waals surface area contributed by atoms with Crippen molar-refractivity contribution in [3.63, 3.8) is 0 Å². The minimum absolute atomic E-state index is 0.0201. The molecule has 0 aromatic carbocycles. The SMILES string of the molecule is CCC(C)C(NC(=O)C(CS)NC(=O)C(N)CC(C)C)C(=O)NC(CCSC)C(=O)O. The number of carboxylic acids is 1. The fourth-order valence-corrected chi connectivity index (χ4v) is 3.53. The number of thioether (sulfide) groups is 1. The van der Waals surface area contributed by atoms with E-state index >= 15 is 0 Å². The van der Waals surface area contributed by atoms with Crippen LogP contribution in [0.3, 0.4) is 0 Å². The van der Waals surface area contributed by atoms with Crippen molar-refractivity contribution in [3.8, 4) is 0 Å². The van der Waals surface area contributed by atoms with Gasteiger partial charge in [0, 0.05) is 5.75 Å². The fraction of sp³-hybridized carbons (Fsp3) is 0.800. The molecule has 0 aliphatic rings. The van der Waals surface area contributed by atoms with E-state index in [4.69, 9.17) is 5.73 Å². The summed E-state index contributed by atoms with van der Waals surface area (Å²) in [6.07, 6.45) is 3.17. The molecule has 5 unspecified atom stereocenters. The average molecular weight is 479 g/mol. The molecule has 0 saturated carbocycles. The van der Waals surface area contributed by atoms with Gasteiger partial charge in [-0.1, -0.05) is 34.1 Å². The molecule has 6 N–H and O–H groups in total. The molecular formula is C20H38N4O5S2. The van der Waals surface area contributed by atoms with E-state index in [0.717, 1.165) is 0 Å². The lowest BCUT2D eigenvalue weighted by Crippen LogP contribution is -2.59. The summed E-state index contributed by atoms with van der Waals surface area (Å²) in [6, 6.07) is -3.72. The van der Waals surface area contributed by atoms with Gasteiger partial charge in [-0.05, 0) is 36.7 Å². The number of hydrogen-bond donors (Lipinski definition) is 6. The van der Waals surface area contributed by atoms with Gasteiger partial charge >= 0.3 is 5.97 Å². The molecule has 0 aromatic rings. The standard InChI is InChI=1S/C20H38N4O5S2/c1-6-12(4)16(19(27)22-14(20(28)29)7-8-31-5)24-18(26)15(10-30)23-17(25)13(21)9-11(2)3/h11-16,30H,6-10,21H2,1-5H3,(H,22,27)(H,23,25)(H,24,26)(H,28,29). The average Bonchev–Trinajstić information content (AvgIpc) is 2.71. The summed E-state index contributed by atoms with van der Waals surface area (Å²) in [7, 11) is 0. The molecule has 31 heavy (non-hydrogen) atoms. The van der Waals surface area contributed by atoms with Crippen LogP contribution in [0.1, 0.15) is 47.0 Å². The number of nitrogens with one attached hydrogen (secondary N) is 3. The molecule has 0 aliphatic carbocycles. The van der Waals surface area contributed by atoms with Crippen LogP contribution in [0.2, 0.25) is 0 Å². The minimum atomic E-state index is -1.13. The predicted molar refractivity (Wildman–Crippen MR) is 127 cm³/mol. The fourth-order valence-electron chi connectivity index (χ4n) is 2.80. The van der Waals surface area contributed by atoms with E-state index < -0.39 is 47.9 Å². The van der Waals surface area contributed by atoms with Crippen LogP contribution >= 0.6 is 24.4 Å². The van der Waals surface area contributed by atoms with E-state index in [1.165, 1.54) is 11.8 Å². The van der Waals surface area contributed by atoms with E-state index in [1.54, 1.807) is 6.92 Å². The highest BCUT2D eigenvalue weighted by molar-refractivity contribution is 7.98. The molecule has 0 fully saturated rings. The Morgan fingerprint density at radius 3 is 2.03 bits per heavy atom. The van der Waals surface area contributed by atoms with Gasteiger partial charge in [0.1, 0.15) is 18.1 Å². The monoisotopic (exact) mass is 478 g/mol. The maximum Gasteiger partial charge on any atom is 0.326 e. The van der Waals surface area contributed by atoms with E-state index in [2.05, 4.69) is 28.6 Å². The zero-order chi connectivity index (χ0) is 24.1. The second-order valence-corrected chi connectivity index (χ2v) is 9.38. The lowest BCUT2D eigenvalue weighted by Gasteiger charge is -2.27. The number of carbonyl (C=O) groups excluding carboxylic acids is 3. The summed E-state index contributed by atoms with van der Waals surface area (Å²) in [4.78, 5) is 49.3. The highest BCUT2D eigenvalue weighted by atomic mass is 32.2. The number of thiol groups is 1. The number of rotatable bonds is 15. The molecule has 3 amide bonds. The molecule has 5 atom stereocenters. The molecule has 0 aromatic heterocycles. The number of aliphatic carboxylic acids is 1. The first-order valence-corrected chi connectivity index (χ1v) is 12.5. The summed E-state index contributed by atoms with van der Waals surface area (Å²) in [5.41, 5.74) is 5.87. The number of nitrogens with two attached hydrogens (primary N) is 1. The molecule has 0 radical (unpaired) electrons. The van der Waals surface area contributed by atoms with Crippen molar-refractivity contribution >= 4 is 48.1 Å². The Bertz CT molecular complexity index is 606. The van der Waals surface area contributed by atoms with Crippen LogP contribution in [0.4, 0.5) is 0 Å². The third-order valence-corrected chi connectivity index (χ3v) is 5.91. The zero-order valence-corrected chi connectivity index (χ0v) is 20.7. The Hall–Kier alpha value is -1.46. The van der Waals surface area contributed by atoms with Gasteiger partial charge in [-0.25, -0.2) is 4.79 Å². The van der Waals surface area contributed by atoms with Crippen LogP contribution in [-0.2, 0) is 19.2 Å². The van der Waals surface area contributed by atoms with E-state index in [0.29, 0.717) is 18.6 Å². The topological polar surface area (TPSA) is 151 Å². The zero-order valence-electron chi connectivity index (χ0n) is 19.0. The van der Waals surface area contributed by atoms with Gasteiger partial charge in [-0.15, -0.1) is 0 Å². The Morgan fingerprint density at radius 2 is 1.58 bits per heavy atom. The summed E-state index contributed by atoms with van der Waals surface area (Å²) in [5, 5.41) is 17.1. The van der Waals surface area contributed by atoms with Gasteiger partial charge < -0.3 is 26.8 Å². The van der Waals surface area contributed by atoms with E-state index in [1.807, 2.05) is 27.0 Å². The summed E-state index contributed by atoms with van der Waals surface area (Å²) in [5.74, 6) is -2.18. The van der Waals surface area contributed by atoms with Gasteiger partial charge in [-0.2, -0.15) is 24.4 Å². The minimum Gasteiger partial charge on any atom is -0.480 e. The molecule has 0 spiro atoms. The normalized spacial score (nSPS) is 16.0. The largest absolute Gasteiger partial charge is 0.480 e. The van der Waals surface area contributed by atoms with Crippen molar-refractivity contribution in [1.29, 1.82) is 0 Å². The van der Waals surface area contributed by atoms with Gasteiger partial charge in [0.25, 0.3) is 0 Å². The third-order valence-electron chi connectivity index (χ3n) is 4.90. The Kier molecular flexibility index (Phi) is 14.6. The van der Waals surface area contributed by atoms with Gasteiger partial charge in [0.05, 0.1) is 6.04 Å². The Labute approximate surface area is 194 Å². The molecule has 9 nitrogen and oxygen atoms in total. The van der Waals surface area contributed by atoms with Crippen LogP contribution in [0.25, 0.3) is 0 Å². The lowest BCUT2D eigenvalue weighted by atomic mass is 9.97. The first-order valence-electron chi connectivity index (χ1n) is 10.5. The molecule has 0 saturated heterocycles. The summed E-state index contributed by atoms with van der Waals surface area (Å²) >= 11 is 5.62. The molecular weight excluding hydrogens is 440 g/mol. The van der Waals surface area contributed by atoms with Gasteiger partial charge in [0.2, 0.25) is 17.7 Å². The summed E-state index contributed by atoms with van der Waals surface area (Å²) < 4.78 is 0. The van der Waals surface area contributed by atoms with Crippen molar-refractivity contribution in [1.82, 2.24) is 16.0 Å². The third kappa shape index (κ3) is 11.1. The molecule has 0 rings (SSSR count). The van der Waals surface area contributed by atoms with Crippen LogP contribution in [-0.4, -0.2) is 70.7 Å². The van der Waals surface area contributed by atoms with Crippen LogP contribution < -0.4 is 21.7 Å². The highest BCUT2D eigenvalue weighted by Gasteiger charge is 2.32. The van der Waals surface area contributed by atoms with Gasteiger partial charge in [-0.3, -0.25) is 14.4 Å². The number of carboxylic acid groups (broad SMARTS) is 1. The van der Waals surface area contributed by atoms with Crippen molar-refractivity contribution < 1.29 is 24.3 Å². The lowest BCUT2D eigenvalue weighted by molar-refractivity contribution is -0.142. The van der Waals surface area contributed by atoms with Crippen LogP contribution in [0, 0.1) is 11.8 Å². The number of hydrogen-bond acceptors (Lipinski definition) is 7. The smallest absolute Gasteiger partial charge is 0.326 e. The second kappa shape index (κ2) is 15.4. The van der Waals surface area contributed by atoms with E-state index in [9.17, 15) is 24.3 Å². The predicted octanol–water partition coefficient (Wildman–Crippen LogP) is 0.628. The quantitative estimate of drug-likeness (QED) is 0.189. The first-order chi connectivity index (χ1) is 14.5. The number of amides is 3. The van der Waals surface area contributed by atoms with Gasteiger partial charge in [0.15, 0.2) is 0 Å². The molecule has 0 bridgehead atoms. The number of carbonyl (C=O) groups is 4. The maximum atomic E-state index is 12.8. The Balaban J connectivity index is 5.26. The molecule has 0 heterocycles. The Morgan fingerprint density at radius 1 is 1.00 bits per heavy atom. The van der Waals surface area contributed by atoms with Crippen molar-refractivity contribution in [2.45, 2.75) is 71.1 Å². The maximum absolute atomic E-state index is 12.8. The molecule has 0 aliphatic heterocycles. The van der Waals surface area contributed by atoms with Crippen molar-refractivity contribution in [3.05, 3.63) is 0 Å². The van der Waals surface area contributed by atoms with Crippen molar-refractivity contribution in [2.75, 3.05) is 17.8 Å². The van der Waals surface area contributed by atoms with Crippen LogP contribution in [0.15, 0.2) is 0 Å². The molecule has 180 valence electrons. The van der Waals surface area contributed by atoms with E-state index in [-0.39, 0.29) is 24.0 Å². The highest BCUT2D eigenvalue weighted by Crippen LogP contribution is 2.11. The van der Waals surface area contributed by atoms with Crippen LogP contribution in [0.5, 0.6) is 0 Å². The van der Waals surface area contributed by atoms with Crippen molar-refractivity contribution in [2.24, 2.45) is 17.6 Å². The first kappa shape index (κ1) is 29.5. The molecule has 11 heteroatoms. The second-order valence-electron chi connectivity index (χ2n) is 8.03. The summed E-state index contributed by atoms with van der Waals surface area (Å²) in [6.45, 7) is 7.53.